The smallest absolute Gasteiger partial charge is 0.315 e. The number of urea groups is 1. The molecule has 0 aromatic rings. The molecule has 0 bridgehead atoms. The molecule has 1 saturated carbocycles. The summed E-state index contributed by atoms with van der Waals surface area (Å²) in [4.78, 5) is 25.6. The first-order valence-electron chi connectivity index (χ1n) is 8.52. The highest BCUT2D eigenvalue weighted by Gasteiger charge is 2.26. The molecule has 1 heterocycles. The summed E-state index contributed by atoms with van der Waals surface area (Å²) in [5, 5.41) is 14.9. The normalized spacial score (nSPS) is 22.2. The summed E-state index contributed by atoms with van der Waals surface area (Å²) in [7, 11) is 0. The van der Waals surface area contributed by atoms with Gasteiger partial charge in [-0.25, -0.2) is 4.79 Å². The van der Waals surface area contributed by atoms with E-state index in [9.17, 15) is 9.59 Å². The molecule has 0 spiro atoms. The topological polar surface area (TPSA) is 85.2 Å². The first-order chi connectivity index (χ1) is 11.2. The Morgan fingerprint density at radius 3 is 2.78 bits per heavy atom. The Morgan fingerprint density at radius 1 is 1.26 bits per heavy atom. The Hall–Kier alpha value is -1.42. The summed E-state index contributed by atoms with van der Waals surface area (Å²) < 4.78 is 0. The first-order valence-corrected chi connectivity index (χ1v) is 9.67. The molecule has 1 aliphatic carbocycles. The molecular weight excluding hydrogens is 312 g/mol. The maximum absolute atomic E-state index is 12.2. The fraction of sp³-hybridized carbons (Fsp3) is 0.812. The fourth-order valence-electron chi connectivity index (χ4n) is 3.08. The van der Waals surface area contributed by atoms with Crippen molar-refractivity contribution in [2.24, 2.45) is 0 Å². The van der Waals surface area contributed by atoms with Crippen molar-refractivity contribution in [2.45, 2.75) is 57.0 Å². The molecule has 1 saturated heterocycles. The van der Waals surface area contributed by atoms with Gasteiger partial charge in [0.25, 0.3) is 0 Å². The van der Waals surface area contributed by atoms with E-state index in [0.717, 1.165) is 18.6 Å². The van der Waals surface area contributed by atoms with Crippen molar-refractivity contribution in [3.8, 4) is 6.07 Å². The second kappa shape index (κ2) is 9.66. The Kier molecular flexibility index (Phi) is 7.53. The fourth-order valence-corrected chi connectivity index (χ4v) is 4.05. The van der Waals surface area contributed by atoms with Crippen molar-refractivity contribution in [1.29, 1.82) is 5.26 Å². The lowest BCUT2D eigenvalue weighted by molar-refractivity contribution is -0.132. The minimum Gasteiger partial charge on any atom is -0.338 e. The Labute approximate surface area is 142 Å². The number of hydrogen-bond donors (Lipinski definition) is 2. The summed E-state index contributed by atoms with van der Waals surface area (Å²) in [6.45, 7) is 1.14. The third-order valence-electron chi connectivity index (χ3n) is 4.39. The third-order valence-corrected chi connectivity index (χ3v) is 5.41. The second-order valence-electron chi connectivity index (χ2n) is 6.15. The molecule has 23 heavy (non-hydrogen) atoms. The monoisotopic (exact) mass is 338 g/mol. The van der Waals surface area contributed by atoms with Crippen LogP contribution in [0.1, 0.15) is 44.9 Å². The molecule has 2 N–H and O–H groups in total. The Morgan fingerprint density at radius 2 is 2.04 bits per heavy atom. The Bertz CT molecular complexity index is 446. The van der Waals surface area contributed by atoms with E-state index in [-0.39, 0.29) is 18.0 Å². The number of carbonyl (C=O) groups is 2. The van der Waals surface area contributed by atoms with E-state index in [2.05, 4.69) is 16.7 Å². The molecule has 6 nitrogen and oxygen atoms in total. The molecular formula is C16H26N4O2S. The number of rotatable bonds is 5. The number of hydrogen-bond acceptors (Lipinski definition) is 4. The number of amides is 3. The van der Waals surface area contributed by atoms with Crippen molar-refractivity contribution >= 4 is 23.7 Å². The van der Waals surface area contributed by atoms with Gasteiger partial charge in [-0.15, -0.1) is 0 Å². The van der Waals surface area contributed by atoms with E-state index in [1.54, 1.807) is 16.7 Å². The maximum atomic E-state index is 12.2. The average Bonchev–Trinajstić information content (AvgIpc) is 2.59. The molecule has 0 radical (unpaired) electrons. The van der Waals surface area contributed by atoms with E-state index in [1.165, 1.54) is 19.3 Å². The highest BCUT2D eigenvalue weighted by atomic mass is 32.2. The van der Waals surface area contributed by atoms with E-state index in [0.29, 0.717) is 37.7 Å². The van der Waals surface area contributed by atoms with Crippen LogP contribution in [0.2, 0.25) is 0 Å². The summed E-state index contributed by atoms with van der Waals surface area (Å²) in [5.41, 5.74) is 0. The molecule has 0 aromatic carbocycles. The van der Waals surface area contributed by atoms with Crippen LogP contribution in [-0.4, -0.2) is 53.5 Å². The summed E-state index contributed by atoms with van der Waals surface area (Å²) in [5.74, 6) is 1.61. The van der Waals surface area contributed by atoms with Crippen LogP contribution in [0.4, 0.5) is 4.79 Å². The number of nitriles is 1. The average molecular weight is 338 g/mol. The zero-order chi connectivity index (χ0) is 16.5. The highest BCUT2D eigenvalue weighted by Crippen LogP contribution is 2.18. The molecule has 0 unspecified atom stereocenters. The van der Waals surface area contributed by atoms with Gasteiger partial charge in [-0.05, 0) is 19.3 Å². The molecule has 1 aliphatic heterocycles. The number of nitrogens with one attached hydrogen (secondary N) is 2. The standard InChI is InChI=1S/C16H26N4O2S/c17-11-14-12-23-10-9-20(14)15(21)7-4-8-18-16(22)19-13-5-2-1-3-6-13/h13-14H,1-10,12H2,(H2,18,19,22)/t14-/m0/s1. The molecule has 1 atom stereocenters. The molecule has 128 valence electrons. The van der Waals surface area contributed by atoms with Crippen LogP contribution in [-0.2, 0) is 4.79 Å². The van der Waals surface area contributed by atoms with Crippen LogP contribution in [0.5, 0.6) is 0 Å². The highest BCUT2D eigenvalue weighted by molar-refractivity contribution is 7.99. The van der Waals surface area contributed by atoms with E-state index < -0.39 is 0 Å². The van der Waals surface area contributed by atoms with Gasteiger partial charge in [0.1, 0.15) is 6.04 Å². The van der Waals surface area contributed by atoms with Crippen LogP contribution in [0.3, 0.4) is 0 Å². The van der Waals surface area contributed by atoms with Crippen LogP contribution in [0.25, 0.3) is 0 Å². The van der Waals surface area contributed by atoms with Gasteiger partial charge in [-0.1, -0.05) is 19.3 Å². The van der Waals surface area contributed by atoms with Gasteiger partial charge in [0.2, 0.25) is 5.91 Å². The van der Waals surface area contributed by atoms with E-state index in [4.69, 9.17) is 5.26 Å². The quantitative estimate of drug-likeness (QED) is 0.749. The van der Waals surface area contributed by atoms with Gasteiger partial charge in [0, 0.05) is 37.1 Å². The van der Waals surface area contributed by atoms with E-state index in [1.807, 2.05) is 0 Å². The number of carbonyl (C=O) groups excluding carboxylic acids is 2. The van der Waals surface area contributed by atoms with Crippen LogP contribution >= 0.6 is 11.8 Å². The molecule has 0 aromatic heterocycles. The lowest BCUT2D eigenvalue weighted by atomic mass is 9.96. The molecule has 2 rings (SSSR count). The summed E-state index contributed by atoms with van der Waals surface area (Å²) >= 11 is 1.72. The summed E-state index contributed by atoms with van der Waals surface area (Å²) in [6, 6.07) is 2.06. The van der Waals surface area contributed by atoms with Crippen molar-refractivity contribution in [3.63, 3.8) is 0 Å². The minimum atomic E-state index is -0.302. The zero-order valence-corrected chi connectivity index (χ0v) is 14.4. The van der Waals surface area contributed by atoms with Crippen molar-refractivity contribution < 1.29 is 9.59 Å². The SMILES string of the molecule is N#C[C@H]1CSCCN1C(=O)CCCNC(=O)NC1CCCCC1. The maximum Gasteiger partial charge on any atom is 0.315 e. The third kappa shape index (κ3) is 5.94. The van der Waals surface area contributed by atoms with E-state index >= 15 is 0 Å². The second-order valence-corrected chi connectivity index (χ2v) is 7.30. The lowest BCUT2D eigenvalue weighted by Gasteiger charge is -2.31. The number of nitrogens with zero attached hydrogens (tertiary/aromatic N) is 2. The molecule has 3 amide bonds. The predicted molar refractivity (Wildman–Crippen MR) is 91.1 cm³/mol. The predicted octanol–water partition coefficient (Wildman–Crippen LogP) is 1.87. The number of thioether (sulfide) groups is 1. The molecule has 2 fully saturated rings. The van der Waals surface area contributed by atoms with Crippen molar-refractivity contribution in [2.75, 3.05) is 24.6 Å². The van der Waals surface area contributed by atoms with Crippen molar-refractivity contribution in [3.05, 3.63) is 0 Å². The lowest BCUT2D eigenvalue weighted by Crippen LogP contribution is -2.46. The van der Waals surface area contributed by atoms with Gasteiger partial charge in [0.05, 0.1) is 6.07 Å². The van der Waals surface area contributed by atoms with Gasteiger partial charge >= 0.3 is 6.03 Å². The zero-order valence-electron chi connectivity index (χ0n) is 13.6. The molecule has 2 aliphatic rings. The van der Waals surface area contributed by atoms with Crippen LogP contribution in [0.15, 0.2) is 0 Å². The van der Waals surface area contributed by atoms with Gasteiger partial charge in [-0.3, -0.25) is 4.79 Å². The van der Waals surface area contributed by atoms with Crippen molar-refractivity contribution in [1.82, 2.24) is 15.5 Å². The first kappa shape index (κ1) is 17.9. The summed E-state index contributed by atoms with van der Waals surface area (Å²) in [6.07, 6.45) is 6.76. The van der Waals surface area contributed by atoms with Gasteiger partial charge in [0.15, 0.2) is 0 Å². The van der Waals surface area contributed by atoms with Crippen LogP contribution in [0, 0.1) is 11.3 Å². The minimum absolute atomic E-state index is 0.0198. The molecule has 7 heteroatoms. The van der Waals surface area contributed by atoms with Crippen LogP contribution < -0.4 is 10.6 Å². The largest absolute Gasteiger partial charge is 0.338 e. The van der Waals surface area contributed by atoms with Gasteiger partial charge < -0.3 is 15.5 Å². The van der Waals surface area contributed by atoms with Gasteiger partial charge in [-0.2, -0.15) is 17.0 Å². The Balaban J connectivity index is 1.59.